The maximum Gasteiger partial charge on any atom is 0.507 e. The lowest BCUT2D eigenvalue weighted by atomic mass is 10.5. The fourth-order valence-electron chi connectivity index (χ4n) is 0.333. The number of rotatable bonds is 4. The van der Waals surface area contributed by atoms with Crippen molar-refractivity contribution in [3.05, 3.63) is 0 Å². The van der Waals surface area contributed by atoms with Crippen LogP contribution in [-0.2, 0) is 18.3 Å². The van der Waals surface area contributed by atoms with Gasteiger partial charge in [-0.25, -0.2) is 16.4 Å². The summed E-state index contributed by atoms with van der Waals surface area (Å²) in [4.78, 5) is 0. The zero-order chi connectivity index (χ0) is 8.20. The van der Waals surface area contributed by atoms with Crippen LogP contribution in [0.25, 0.3) is 0 Å². The lowest BCUT2D eigenvalue weighted by molar-refractivity contribution is 0.0913. The highest BCUT2D eigenvalue weighted by Crippen LogP contribution is 2.46. The third-order valence-corrected chi connectivity index (χ3v) is 1.79. The molecule has 7 heteroatoms. The second kappa shape index (κ2) is 4.02. The van der Waals surface area contributed by atoms with E-state index in [4.69, 9.17) is 0 Å². The van der Waals surface area contributed by atoms with E-state index in [0.29, 0.717) is 0 Å². The van der Waals surface area contributed by atoms with E-state index in [9.17, 15) is 4.57 Å². The highest BCUT2D eigenvalue weighted by molar-refractivity contribution is 7.48. The van der Waals surface area contributed by atoms with E-state index in [1.54, 1.807) is 13.8 Å². The second-order valence-electron chi connectivity index (χ2n) is 1.81. The van der Waals surface area contributed by atoms with E-state index in [1.807, 2.05) is 0 Å². The molecule has 0 atom stereocenters. The largest absolute Gasteiger partial charge is 0.507 e. The van der Waals surface area contributed by atoms with E-state index < -0.39 is 7.82 Å². The molecule has 0 aromatic carbocycles. The molecule has 0 saturated heterocycles. The Morgan fingerprint density at radius 3 is 1.80 bits per heavy atom. The van der Waals surface area contributed by atoms with Gasteiger partial charge in [0, 0.05) is 0 Å². The molecular weight excluding hydrogens is 159 g/mol. The standard InChI is InChI=1S/C3H11N2O4P/c1-3(2)7-10(6,8-4)9-5/h3H,4-5H2,1-2H3. The van der Waals surface area contributed by atoms with Gasteiger partial charge in [0.1, 0.15) is 0 Å². The Kier molecular flexibility index (Phi) is 4.04. The quantitative estimate of drug-likeness (QED) is 0.465. The van der Waals surface area contributed by atoms with Crippen LogP contribution in [0.3, 0.4) is 0 Å². The molecule has 0 spiro atoms. The highest BCUT2D eigenvalue weighted by Gasteiger charge is 2.26. The fourth-order valence-corrected chi connectivity index (χ4v) is 0.998. The minimum atomic E-state index is -3.68. The van der Waals surface area contributed by atoms with Gasteiger partial charge in [0.15, 0.2) is 0 Å². The maximum absolute atomic E-state index is 10.8. The molecule has 0 aliphatic heterocycles. The molecule has 0 aliphatic rings. The summed E-state index contributed by atoms with van der Waals surface area (Å²) in [7, 11) is -3.68. The molecule has 10 heavy (non-hydrogen) atoms. The summed E-state index contributed by atoms with van der Waals surface area (Å²) in [5, 5.41) is 0. The summed E-state index contributed by atoms with van der Waals surface area (Å²) < 4.78 is 23.2. The second-order valence-corrected chi connectivity index (χ2v) is 3.34. The van der Waals surface area contributed by atoms with Gasteiger partial charge < -0.3 is 0 Å². The van der Waals surface area contributed by atoms with Gasteiger partial charge in [-0.3, -0.25) is 4.52 Å². The molecular formula is C3H11N2O4P. The maximum atomic E-state index is 10.8. The van der Waals surface area contributed by atoms with E-state index in [-0.39, 0.29) is 6.10 Å². The van der Waals surface area contributed by atoms with Crippen molar-refractivity contribution in [3.8, 4) is 0 Å². The van der Waals surface area contributed by atoms with Gasteiger partial charge in [0.2, 0.25) is 0 Å². The molecule has 0 fully saturated rings. The molecule has 0 aromatic heterocycles. The highest BCUT2D eigenvalue weighted by atomic mass is 31.2. The van der Waals surface area contributed by atoms with Crippen molar-refractivity contribution in [2.24, 2.45) is 11.8 Å². The summed E-state index contributed by atoms with van der Waals surface area (Å²) in [6.07, 6.45) is -0.321. The van der Waals surface area contributed by atoms with Gasteiger partial charge in [-0.05, 0) is 13.8 Å². The van der Waals surface area contributed by atoms with Crippen molar-refractivity contribution in [3.63, 3.8) is 0 Å². The number of phosphoric acid groups is 1. The molecule has 0 unspecified atom stereocenters. The van der Waals surface area contributed by atoms with Crippen LogP contribution in [0, 0.1) is 0 Å². The average Bonchev–Trinajstić information content (AvgIpc) is 1.87. The van der Waals surface area contributed by atoms with Crippen LogP contribution in [0.1, 0.15) is 13.8 Å². The Morgan fingerprint density at radius 2 is 1.70 bits per heavy atom. The van der Waals surface area contributed by atoms with Crippen molar-refractivity contribution in [1.82, 2.24) is 0 Å². The first-order valence-corrected chi connectivity index (χ1v) is 4.05. The zero-order valence-corrected chi connectivity index (χ0v) is 6.71. The molecule has 62 valence electrons. The molecule has 0 aromatic rings. The smallest absolute Gasteiger partial charge is 0.282 e. The predicted octanol–water partition coefficient (Wildman–Crippen LogP) is 0.300. The van der Waals surface area contributed by atoms with E-state index in [1.165, 1.54) is 0 Å². The number of nitrogens with two attached hydrogens (primary N) is 2. The first-order chi connectivity index (χ1) is 4.54. The SMILES string of the molecule is CC(C)OP(=O)(ON)ON. The molecule has 0 bridgehead atoms. The van der Waals surface area contributed by atoms with E-state index in [2.05, 4.69) is 25.6 Å². The van der Waals surface area contributed by atoms with Crippen molar-refractivity contribution in [2.75, 3.05) is 0 Å². The summed E-state index contributed by atoms with van der Waals surface area (Å²) >= 11 is 0. The van der Waals surface area contributed by atoms with Gasteiger partial charge >= 0.3 is 7.82 Å². The molecule has 0 saturated carbocycles. The minimum absolute atomic E-state index is 0.321. The molecule has 0 rings (SSSR count). The summed E-state index contributed by atoms with van der Waals surface area (Å²) in [5.41, 5.74) is 0. The zero-order valence-electron chi connectivity index (χ0n) is 5.81. The van der Waals surface area contributed by atoms with Crippen molar-refractivity contribution < 1.29 is 18.3 Å². The van der Waals surface area contributed by atoms with Crippen LogP contribution in [0.5, 0.6) is 0 Å². The summed E-state index contributed by atoms with van der Waals surface area (Å²) in [6.45, 7) is 3.29. The molecule has 0 heterocycles. The number of hydrogen-bond donors (Lipinski definition) is 2. The van der Waals surface area contributed by atoms with Gasteiger partial charge in [0.05, 0.1) is 6.10 Å². The Bertz CT molecular complexity index is 130. The van der Waals surface area contributed by atoms with Crippen LogP contribution in [0.15, 0.2) is 0 Å². The van der Waals surface area contributed by atoms with Gasteiger partial charge in [-0.15, -0.1) is 0 Å². The van der Waals surface area contributed by atoms with Crippen molar-refractivity contribution in [1.29, 1.82) is 0 Å². The molecule has 0 radical (unpaired) electrons. The topological polar surface area (TPSA) is 96.8 Å². The minimum Gasteiger partial charge on any atom is -0.282 e. The third kappa shape index (κ3) is 3.26. The average molecular weight is 170 g/mol. The Morgan fingerprint density at radius 1 is 1.30 bits per heavy atom. The first-order valence-electron chi connectivity index (χ1n) is 2.59. The van der Waals surface area contributed by atoms with Gasteiger partial charge in [0.25, 0.3) is 0 Å². The Labute approximate surface area is 58.9 Å². The normalized spacial score (nSPS) is 12.5. The fraction of sp³-hybridized carbons (Fsp3) is 1.00. The Balaban J connectivity index is 3.94. The molecule has 0 aliphatic carbocycles. The van der Waals surface area contributed by atoms with Gasteiger partial charge in [-0.1, -0.05) is 0 Å². The van der Waals surface area contributed by atoms with Crippen LogP contribution in [0.4, 0.5) is 0 Å². The molecule has 4 N–H and O–H groups in total. The van der Waals surface area contributed by atoms with Crippen molar-refractivity contribution in [2.45, 2.75) is 20.0 Å². The van der Waals surface area contributed by atoms with E-state index >= 15 is 0 Å². The molecule has 0 amide bonds. The van der Waals surface area contributed by atoms with Gasteiger partial charge in [-0.2, -0.15) is 9.25 Å². The third-order valence-electron chi connectivity index (χ3n) is 0.598. The Hall–Kier alpha value is 0.0300. The number of hydrogen-bond acceptors (Lipinski definition) is 6. The van der Waals surface area contributed by atoms with Crippen LogP contribution in [0.2, 0.25) is 0 Å². The van der Waals surface area contributed by atoms with Crippen LogP contribution in [-0.4, -0.2) is 6.10 Å². The molecule has 6 nitrogen and oxygen atoms in total. The lowest BCUT2D eigenvalue weighted by Gasteiger charge is -2.13. The monoisotopic (exact) mass is 170 g/mol. The predicted molar refractivity (Wildman–Crippen MR) is 34.4 cm³/mol. The van der Waals surface area contributed by atoms with Crippen molar-refractivity contribution >= 4 is 7.82 Å². The van der Waals surface area contributed by atoms with Crippen LogP contribution >= 0.6 is 7.82 Å². The summed E-state index contributed by atoms with van der Waals surface area (Å²) in [6, 6.07) is 0. The van der Waals surface area contributed by atoms with E-state index in [0.717, 1.165) is 0 Å². The van der Waals surface area contributed by atoms with Crippen LogP contribution < -0.4 is 11.8 Å². The lowest BCUT2D eigenvalue weighted by Crippen LogP contribution is -2.11. The first kappa shape index (κ1) is 10.0. The summed E-state index contributed by atoms with van der Waals surface area (Å²) in [5.74, 6) is 9.15.